The Morgan fingerprint density at radius 1 is 1.29 bits per heavy atom. The first-order valence-corrected chi connectivity index (χ1v) is 7.55. The van der Waals surface area contributed by atoms with Crippen LogP contribution in [0.4, 0.5) is 15.8 Å². The Labute approximate surface area is 126 Å². The van der Waals surface area contributed by atoms with Gasteiger partial charge in [-0.2, -0.15) is 0 Å². The van der Waals surface area contributed by atoms with E-state index in [9.17, 15) is 4.39 Å². The Balaban J connectivity index is 2.16. The Hall–Kier alpha value is -1.49. The van der Waals surface area contributed by atoms with Gasteiger partial charge in [0.15, 0.2) is 11.6 Å². The van der Waals surface area contributed by atoms with Gasteiger partial charge < -0.3 is 20.3 Å². The SMILES string of the molecule is CC(C)Oc1cc(N2CCC(N(C)C)CC2)c(N)cc1F. The molecule has 5 heteroatoms. The number of nitrogens with two attached hydrogens (primary N) is 1. The summed E-state index contributed by atoms with van der Waals surface area (Å²) in [5.74, 6) is -0.114. The topological polar surface area (TPSA) is 41.7 Å². The van der Waals surface area contributed by atoms with Crippen molar-refractivity contribution in [3.63, 3.8) is 0 Å². The van der Waals surface area contributed by atoms with Crippen LogP contribution in [0.3, 0.4) is 0 Å². The molecule has 1 aromatic carbocycles. The number of nitrogens with zero attached hydrogens (tertiary/aromatic N) is 2. The molecule has 0 bridgehead atoms. The molecular formula is C16H26FN3O. The quantitative estimate of drug-likeness (QED) is 0.867. The third-order valence-electron chi connectivity index (χ3n) is 3.98. The van der Waals surface area contributed by atoms with Gasteiger partial charge in [0.05, 0.1) is 17.5 Å². The van der Waals surface area contributed by atoms with Crippen LogP contribution in [0.25, 0.3) is 0 Å². The lowest BCUT2D eigenvalue weighted by atomic mass is 10.0. The molecule has 2 N–H and O–H groups in total. The molecule has 1 saturated heterocycles. The van der Waals surface area contributed by atoms with Crippen LogP contribution < -0.4 is 15.4 Å². The molecule has 2 rings (SSSR count). The van der Waals surface area contributed by atoms with Gasteiger partial charge in [-0.1, -0.05) is 0 Å². The highest BCUT2D eigenvalue weighted by Crippen LogP contribution is 2.33. The third-order valence-corrected chi connectivity index (χ3v) is 3.98. The van der Waals surface area contributed by atoms with Gasteiger partial charge in [-0.25, -0.2) is 4.39 Å². The molecule has 0 radical (unpaired) electrons. The van der Waals surface area contributed by atoms with Gasteiger partial charge in [-0.05, 0) is 40.8 Å². The zero-order valence-electron chi connectivity index (χ0n) is 13.4. The van der Waals surface area contributed by atoms with Crippen molar-refractivity contribution in [2.75, 3.05) is 37.8 Å². The van der Waals surface area contributed by atoms with Gasteiger partial charge in [0.2, 0.25) is 0 Å². The third kappa shape index (κ3) is 3.79. The molecule has 4 nitrogen and oxygen atoms in total. The second-order valence-electron chi connectivity index (χ2n) is 6.19. The minimum atomic E-state index is -0.395. The van der Waals surface area contributed by atoms with Crippen LogP contribution in [0.2, 0.25) is 0 Å². The second-order valence-corrected chi connectivity index (χ2v) is 6.19. The van der Waals surface area contributed by atoms with Gasteiger partial charge >= 0.3 is 0 Å². The summed E-state index contributed by atoms with van der Waals surface area (Å²) in [5, 5.41) is 0. The summed E-state index contributed by atoms with van der Waals surface area (Å²) >= 11 is 0. The monoisotopic (exact) mass is 295 g/mol. The number of nitrogen functional groups attached to an aromatic ring is 1. The van der Waals surface area contributed by atoms with E-state index < -0.39 is 5.82 Å². The molecule has 21 heavy (non-hydrogen) atoms. The van der Waals surface area contributed by atoms with Gasteiger partial charge in [-0.15, -0.1) is 0 Å². The first kappa shape index (κ1) is 15.9. The maximum Gasteiger partial charge on any atom is 0.167 e. The minimum Gasteiger partial charge on any atom is -0.488 e. The van der Waals surface area contributed by atoms with E-state index in [2.05, 4.69) is 23.9 Å². The zero-order valence-corrected chi connectivity index (χ0v) is 13.4. The van der Waals surface area contributed by atoms with Crippen LogP contribution in [-0.2, 0) is 0 Å². The predicted molar refractivity (Wildman–Crippen MR) is 85.5 cm³/mol. The van der Waals surface area contributed by atoms with Crippen molar-refractivity contribution in [3.05, 3.63) is 17.9 Å². The highest BCUT2D eigenvalue weighted by molar-refractivity contribution is 5.70. The number of rotatable bonds is 4. The van der Waals surface area contributed by atoms with Crippen LogP contribution >= 0.6 is 0 Å². The standard InChI is InChI=1S/C16H26FN3O/c1-11(2)21-16-10-15(14(18)9-13(16)17)20-7-5-12(6-8-20)19(3)4/h9-12H,5-8,18H2,1-4H3. The Bertz CT molecular complexity index is 483. The average molecular weight is 295 g/mol. The summed E-state index contributed by atoms with van der Waals surface area (Å²) < 4.78 is 19.4. The minimum absolute atomic E-state index is 0.0598. The first-order valence-electron chi connectivity index (χ1n) is 7.55. The zero-order chi connectivity index (χ0) is 15.6. The molecule has 1 heterocycles. The van der Waals surface area contributed by atoms with Crippen LogP contribution in [-0.4, -0.2) is 44.2 Å². The predicted octanol–water partition coefficient (Wildman–Crippen LogP) is 2.73. The van der Waals surface area contributed by atoms with E-state index in [0.717, 1.165) is 31.6 Å². The second kappa shape index (κ2) is 6.52. The number of hydrogen-bond donors (Lipinski definition) is 1. The summed E-state index contributed by atoms with van der Waals surface area (Å²) in [6, 6.07) is 3.71. The van der Waals surface area contributed by atoms with E-state index in [0.29, 0.717) is 11.7 Å². The fraction of sp³-hybridized carbons (Fsp3) is 0.625. The van der Waals surface area contributed by atoms with E-state index in [1.807, 2.05) is 13.8 Å². The molecule has 1 aromatic rings. The lowest BCUT2D eigenvalue weighted by molar-refractivity contribution is 0.231. The summed E-state index contributed by atoms with van der Waals surface area (Å²) in [6.07, 6.45) is 2.12. The molecule has 118 valence electrons. The molecule has 0 unspecified atom stereocenters. The molecule has 0 aliphatic carbocycles. The average Bonchev–Trinajstić information content (AvgIpc) is 2.41. The molecule has 0 saturated carbocycles. The number of halogens is 1. The van der Waals surface area contributed by atoms with Crippen LogP contribution in [0.15, 0.2) is 12.1 Å². The smallest absolute Gasteiger partial charge is 0.167 e. The highest BCUT2D eigenvalue weighted by atomic mass is 19.1. The highest BCUT2D eigenvalue weighted by Gasteiger charge is 2.23. The lowest BCUT2D eigenvalue weighted by Crippen LogP contribution is -2.42. The molecule has 0 aromatic heterocycles. The van der Waals surface area contributed by atoms with Crippen LogP contribution in [0.5, 0.6) is 5.75 Å². The summed E-state index contributed by atoms with van der Waals surface area (Å²) in [7, 11) is 4.22. The van der Waals surface area contributed by atoms with Gasteiger partial charge in [0.1, 0.15) is 0 Å². The number of piperidine rings is 1. The molecule has 1 aliphatic rings. The maximum absolute atomic E-state index is 13.9. The first-order chi connectivity index (χ1) is 9.88. The van der Waals surface area contributed by atoms with Crippen molar-refractivity contribution < 1.29 is 9.13 Å². The maximum atomic E-state index is 13.9. The molecule has 1 fully saturated rings. The van der Waals surface area contributed by atoms with Crippen molar-refractivity contribution in [2.45, 2.75) is 38.8 Å². The van der Waals surface area contributed by atoms with Crippen molar-refractivity contribution >= 4 is 11.4 Å². The van der Waals surface area contributed by atoms with Crippen LogP contribution in [0, 0.1) is 5.82 Å². The number of anilines is 2. The lowest BCUT2D eigenvalue weighted by Gasteiger charge is -2.37. The van der Waals surface area contributed by atoms with E-state index in [4.69, 9.17) is 10.5 Å². The Kier molecular flexibility index (Phi) is 4.93. The van der Waals surface area contributed by atoms with E-state index in [1.165, 1.54) is 6.07 Å². The van der Waals surface area contributed by atoms with Crippen molar-refractivity contribution in [1.82, 2.24) is 4.90 Å². The van der Waals surface area contributed by atoms with Crippen molar-refractivity contribution in [1.29, 1.82) is 0 Å². The number of ether oxygens (including phenoxy) is 1. The normalized spacial score (nSPS) is 16.8. The fourth-order valence-corrected chi connectivity index (χ4v) is 2.80. The fourth-order valence-electron chi connectivity index (χ4n) is 2.80. The molecule has 0 atom stereocenters. The Morgan fingerprint density at radius 2 is 1.90 bits per heavy atom. The van der Waals surface area contributed by atoms with E-state index in [-0.39, 0.29) is 11.9 Å². The number of benzene rings is 1. The van der Waals surface area contributed by atoms with Gasteiger partial charge in [0.25, 0.3) is 0 Å². The summed E-state index contributed by atoms with van der Waals surface area (Å²) in [6.45, 7) is 5.63. The largest absolute Gasteiger partial charge is 0.488 e. The molecule has 1 aliphatic heterocycles. The molecule has 0 amide bonds. The van der Waals surface area contributed by atoms with E-state index >= 15 is 0 Å². The van der Waals surface area contributed by atoms with Gasteiger partial charge in [0, 0.05) is 31.3 Å². The molecular weight excluding hydrogens is 269 g/mol. The summed E-state index contributed by atoms with van der Waals surface area (Å²) in [5.41, 5.74) is 7.36. The van der Waals surface area contributed by atoms with Gasteiger partial charge in [-0.3, -0.25) is 0 Å². The number of hydrogen-bond acceptors (Lipinski definition) is 4. The summed E-state index contributed by atoms with van der Waals surface area (Å²) in [4.78, 5) is 4.49. The van der Waals surface area contributed by atoms with Crippen LogP contribution in [0.1, 0.15) is 26.7 Å². The Morgan fingerprint density at radius 3 is 2.43 bits per heavy atom. The van der Waals surface area contributed by atoms with Crippen molar-refractivity contribution in [3.8, 4) is 5.75 Å². The van der Waals surface area contributed by atoms with Crippen molar-refractivity contribution in [2.24, 2.45) is 0 Å². The molecule has 0 spiro atoms. The van der Waals surface area contributed by atoms with E-state index in [1.54, 1.807) is 6.07 Å².